The molecule has 0 saturated carbocycles. The molecule has 1 heterocycles. The summed E-state index contributed by atoms with van der Waals surface area (Å²) in [5.41, 5.74) is 5.56. The van der Waals surface area contributed by atoms with Crippen LogP contribution in [0.5, 0.6) is 0 Å². The number of hydrogen-bond donors (Lipinski definition) is 1. The van der Waals surface area contributed by atoms with E-state index in [-0.39, 0.29) is 11.0 Å². The first kappa shape index (κ1) is 15.9. The van der Waals surface area contributed by atoms with Crippen LogP contribution in [0.4, 0.5) is 0 Å². The molecule has 0 amide bonds. The normalized spacial score (nSPS) is 20.2. The van der Waals surface area contributed by atoms with Crippen molar-refractivity contribution in [3.8, 4) is 0 Å². The Balaban J connectivity index is 2.36. The van der Waals surface area contributed by atoms with E-state index in [2.05, 4.69) is 9.80 Å². The zero-order valence-corrected chi connectivity index (χ0v) is 12.5. The Morgan fingerprint density at radius 2 is 1.61 bits per heavy atom. The Bertz CT molecular complexity index is 330. The number of nitrogens with zero attached hydrogens (tertiary/aromatic N) is 2. The van der Waals surface area contributed by atoms with E-state index in [0.29, 0.717) is 13.1 Å². The summed E-state index contributed by atoms with van der Waals surface area (Å²) in [6.07, 6.45) is 1.10. The second kappa shape index (κ2) is 7.43. The van der Waals surface area contributed by atoms with Gasteiger partial charge in [0.15, 0.2) is 9.84 Å². The number of nitrogens with two attached hydrogens (primary N) is 1. The molecule has 1 aliphatic heterocycles. The van der Waals surface area contributed by atoms with E-state index < -0.39 is 9.84 Å². The van der Waals surface area contributed by atoms with Crippen molar-refractivity contribution >= 4 is 9.84 Å². The molecule has 0 aliphatic carbocycles. The molecule has 0 bridgehead atoms. The number of sulfone groups is 1. The standard InChI is InChI=1S/C12H27N3O2S/c1-12(2)18(16,17)11-10-15-6-3-5-14(7-4-13)8-9-15/h12H,3-11,13H2,1-2H3. The van der Waals surface area contributed by atoms with Gasteiger partial charge in [0.25, 0.3) is 0 Å². The lowest BCUT2D eigenvalue weighted by Crippen LogP contribution is -2.36. The van der Waals surface area contributed by atoms with Crippen molar-refractivity contribution in [3.05, 3.63) is 0 Å². The summed E-state index contributed by atoms with van der Waals surface area (Å²) in [6, 6.07) is 0. The van der Waals surface area contributed by atoms with E-state index in [1.807, 2.05) is 0 Å². The fourth-order valence-corrected chi connectivity index (χ4v) is 3.13. The topological polar surface area (TPSA) is 66.6 Å². The first-order chi connectivity index (χ1) is 8.45. The summed E-state index contributed by atoms with van der Waals surface area (Å²) in [6.45, 7) is 9.82. The van der Waals surface area contributed by atoms with Crippen LogP contribution >= 0.6 is 0 Å². The molecular weight excluding hydrogens is 250 g/mol. The predicted octanol–water partition coefficient (Wildman–Crippen LogP) is -0.224. The van der Waals surface area contributed by atoms with Crippen LogP contribution < -0.4 is 5.73 Å². The lowest BCUT2D eigenvalue weighted by molar-refractivity contribution is 0.268. The maximum absolute atomic E-state index is 11.8. The van der Waals surface area contributed by atoms with Gasteiger partial charge in [-0.25, -0.2) is 8.42 Å². The Hall–Kier alpha value is -0.170. The number of rotatable bonds is 6. The quantitative estimate of drug-likeness (QED) is 0.727. The largest absolute Gasteiger partial charge is 0.329 e. The van der Waals surface area contributed by atoms with Crippen LogP contribution in [0, 0.1) is 0 Å². The molecule has 0 unspecified atom stereocenters. The maximum atomic E-state index is 11.8. The summed E-state index contributed by atoms with van der Waals surface area (Å²) >= 11 is 0. The summed E-state index contributed by atoms with van der Waals surface area (Å²) in [5, 5.41) is -0.266. The van der Waals surface area contributed by atoms with Crippen molar-refractivity contribution in [1.82, 2.24) is 9.80 Å². The van der Waals surface area contributed by atoms with Crippen molar-refractivity contribution in [2.45, 2.75) is 25.5 Å². The zero-order valence-electron chi connectivity index (χ0n) is 11.6. The van der Waals surface area contributed by atoms with E-state index in [0.717, 1.165) is 39.1 Å². The van der Waals surface area contributed by atoms with Crippen molar-refractivity contribution < 1.29 is 8.42 Å². The predicted molar refractivity (Wildman–Crippen MR) is 75.5 cm³/mol. The summed E-state index contributed by atoms with van der Waals surface area (Å²) in [5.74, 6) is 0.279. The minimum atomic E-state index is -2.91. The molecule has 0 spiro atoms. The van der Waals surface area contributed by atoms with Crippen LogP contribution in [0.2, 0.25) is 0 Å². The Kier molecular flexibility index (Phi) is 6.55. The highest BCUT2D eigenvalue weighted by atomic mass is 32.2. The summed E-state index contributed by atoms with van der Waals surface area (Å²) in [4.78, 5) is 4.62. The Labute approximate surface area is 111 Å². The average molecular weight is 277 g/mol. The van der Waals surface area contributed by atoms with E-state index in [4.69, 9.17) is 5.73 Å². The summed E-state index contributed by atoms with van der Waals surface area (Å²) < 4.78 is 23.5. The fraction of sp³-hybridized carbons (Fsp3) is 1.00. The van der Waals surface area contributed by atoms with E-state index in [1.54, 1.807) is 13.8 Å². The summed E-state index contributed by atoms with van der Waals surface area (Å²) in [7, 11) is -2.91. The van der Waals surface area contributed by atoms with Gasteiger partial charge in [-0.15, -0.1) is 0 Å². The molecule has 18 heavy (non-hydrogen) atoms. The van der Waals surface area contributed by atoms with Crippen LogP contribution in [0.25, 0.3) is 0 Å². The van der Waals surface area contributed by atoms with Gasteiger partial charge >= 0.3 is 0 Å². The molecule has 0 radical (unpaired) electrons. The van der Waals surface area contributed by atoms with Crippen molar-refractivity contribution in [2.24, 2.45) is 5.73 Å². The molecule has 0 aromatic rings. The second-order valence-electron chi connectivity index (χ2n) is 5.24. The van der Waals surface area contributed by atoms with Gasteiger partial charge in [0, 0.05) is 32.7 Å². The SMILES string of the molecule is CC(C)S(=O)(=O)CCN1CCCN(CCN)CC1. The lowest BCUT2D eigenvalue weighted by Gasteiger charge is -2.21. The molecule has 0 aromatic carbocycles. The van der Waals surface area contributed by atoms with Gasteiger partial charge in [0.2, 0.25) is 0 Å². The molecule has 1 aliphatic rings. The fourth-order valence-electron chi connectivity index (χ4n) is 2.15. The molecular formula is C12H27N3O2S. The average Bonchev–Trinajstić information content (AvgIpc) is 2.52. The molecule has 5 nitrogen and oxygen atoms in total. The van der Waals surface area contributed by atoms with Crippen LogP contribution in [0.15, 0.2) is 0 Å². The third kappa shape index (κ3) is 5.22. The first-order valence-corrected chi connectivity index (χ1v) is 8.53. The highest BCUT2D eigenvalue weighted by Gasteiger charge is 2.19. The van der Waals surface area contributed by atoms with Gasteiger partial charge in [0.05, 0.1) is 11.0 Å². The molecule has 1 rings (SSSR count). The van der Waals surface area contributed by atoms with Gasteiger partial charge in [-0.2, -0.15) is 0 Å². The molecule has 0 atom stereocenters. The monoisotopic (exact) mass is 277 g/mol. The highest BCUT2D eigenvalue weighted by Crippen LogP contribution is 2.05. The van der Waals surface area contributed by atoms with Crippen LogP contribution in [-0.2, 0) is 9.84 Å². The van der Waals surface area contributed by atoms with Crippen LogP contribution in [0.1, 0.15) is 20.3 Å². The molecule has 2 N–H and O–H groups in total. The minimum absolute atomic E-state index is 0.266. The maximum Gasteiger partial charge on any atom is 0.153 e. The minimum Gasteiger partial charge on any atom is -0.329 e. The second-order valence-corrected chi connectivity index (χ2v) is 7.92. The van der Waals surface area contributed by atoms with Crippen LogP contribution in [0.3, 0.4) is 0 Å². The highest BCUT2D eigenvalue weighted by molar-refractivity contribution is 7.92. The molecule has 0 aromatic heterocycles. The molecule has 1 saturated heterocycles. The van der Waals surface area contributed by atoms with Gasteiger partial charge in [-0.3, -0.25) is 0 Å². The van der Waals surface area contributed by atoms with Crippen molar-refractivity contribution in [2.75, 3.05) is 51.6 Å². The van der Waals surface area contributed by atoms with Crippen LogP contribution in [-0.4, -0.2) is 75.0 Å². The number of hydrogen-bond acceptors (Lipinski definition) is 5. The third-order valence-corrected chi connectivity index (χ3v) is 5.72. The first-order valence-electron chi connectivity index (χ1n) is 6.82. The van der Waals surface area contributed by atoms with Gasteiger partial charge in [-0.05, 0) is 33.4 Å². The van der Waals surface area contributed by atoms with Crippen molar-refractivity contribution in [3.63, 3.8) is 0 Å². The molecule has 108 valence electrons. The smallest absolute Gasteiger partial charge is 0.153 e. The van der Waals surface area contributed by atoms with E-state index in [1.165, 1.54) is 0 Å². The van der Waals surface area contributed by atoms with Crippen molar-refractivity contribution in [1.29, 1.82) is 0 Å². The van der Waals surface area contributed by atoms with E-state index in [9.17, 15) is 8.42 Å². The van der Waals surface area contributed by atoms with Gasteiger partial charge < -0.3 is 15.5 Å². The lowest BCUT2D eigenvalue weighted by atomic mass is 10.4. The third-order valence-electron chi connectivity index (χ3n) is 3.54. The molecule has 1 fully saturated rings. The van der Waals surface area contributed by atoms with Gasteiger partial charge in [0.1, 0.15) is 0 Å². The Morgan fingerprint density at radius 3 is 2.11 bits per heavy atom. The molecule has 6 heteroatoms. The van der Waals surface area contributed by atoms with Gasteiger partial charge in [-0.1, -0.05) is 0 Å². The zero-order chi connectivity index (χ0) is 13.6. The Morgan fingerprint density at radius 1 is 1.06 bits per heavy atom. The van der Waals surface area contributed by atoms with E-state index >= 15 is 0 Å².